The topological polar surface area (TPSA) is 46.9 Å². The zero-order valence-corrected chi connectivity index (χ0v) is 16.4. The van der Waals surface area contributed by atoms with Gasteiger partial charge in [-0.15, -0.1) is 11.3 Å². The van der Waals surface area contributed by atoms with Crippen LogP contribution in [0.3, 0.4) is 0 Å². The lowest BCUT2D eigenvalue weighted by molar-refractivity contribution is 0.0952. The van der Waals surface area contributed by atoms with Gasteiger partial charge in [-0.2, -0.15) is 5.10 Å². The number of aryl methyl sites for hydroxylation is 1. The number of amides is 1. The van der Waals surface area contributed by atoms with Crippen molar-refractivity contribution in [1.29, 1.82) is 0 Å². The fourth-order valence-corrected chi connectivity index (χ4v) is 3.78. The summed E-state index contributed by atoms with van der Waals surface area (Å²) in [5.41, 5.74) is 4.98. The highest BCUT2D eigenvalue weighted by molar-refractivity contribution is 7.13. The van der Waals surface area contributed by atoms with Crippen LogP contribution < -0.4 is 5.32 Å². The normalized spacial score (nSPS) is 10.8. The zero-order valence-electron chi connectivity index (χ0n) is 15.6. The van der Waals surface area contributed by atoms with E-state index >= 15 is 0 Å². The maximum absolute atomic E-state index is 12.4. The number of aromatic nitrogens is 2. The molecule has 1 N–H and O–H groups in total. The number of benzene rings is 2. The average Bonchev–Trinajstić information content (AvgIpc) is 3.39. The summed E-state index contributed by atoms with van der Waals surface area (Å²) in [5.74, 6) is -0.0668. The molecule has 0 spiro atoms. The molecular weight excluding hydrogens is 366 g/mol. The van der Waals surface area contributed by atoms with Gasteiger partial charge in [0.1, 0.15) is 5.69 Å². The Hall–Kier alpha value is -3.18. The molecule has 28 heavy (non-hydrogen) atoms. The summed E-state index contributed by atoms with van der Waals surface area (Å²) in [7, 11) is 0. The molecule has 4 rings (SSSR count). The molecule has 2 aromatic heterocycles. The Balaban J connectivity index is 1.35. The Bertz CT molecular complexity index is 1050. The van der Waals surface area contributed by atoms with E-state index < -0.39 is 0 Å². The van der Waals surface area contributed by atoms with Crippen LogP contribution in [0.1, 0.15) is 16.1 Å². The highest BCUT2D eigenvalue weighted by atomic mass is 32.1. The third-order valence-corrected chi connectivity index (χ3v) is 5.51. The molecule has 2 heterocycles. The quantitative estimate of drug-likeness (QED) is 0.505. The third kappa shape index (κ3) is 4.05. The minimum atomic E-state index is -0.0668. The van der Waals surface area contributed by atoms with Gasteiger partial charge in [0.25, 0.3) is 5.91 Å². The van der Waals surface area contributed by atoms with Gasteiger partial charge in [-0.3, -0.25) is 9.48 Å². The molecule has 0 aliphatic rings. The van der Waals surface area contributed by atoms with Crippen molar-refractivity contribution in [1.82, 2.24) is 15.1 Å². The maximum Gasteiger partial charge on any atom is 0.251 e. The lowest BCUT2D eigenvalue weighted by Gasteiger charge is -2.08. The highest BCUT2D eigenvalue weighted by Gasteiger charge is 2.09. The van der Waals surface area contributed by atoms with Crippen molar-refractivity contribution < 1.29 is 4.79 Å². The SMILES string of the molecule is Cc1cc(-c2cccs2)nn1CCNC(=O)c1ccc(-c2ccccc2)cc1. The first-order chi connectivity index (χ1) is 13.7. The number of thiophene rings is 1. The number of rotatable bonds is 6. The second-order valence-electron chi connectivity index (χ2n) is 6.57. The number of hydrogen-bond donors (Lipinski definition) is 1. The minimum Gasteiger partial charge on any atom is -0.350 e. The Morgan fingerprint density at radius 3 is 2.46 bits per heavy atom. The maximum atomic E-state index is 12.4. The summed E-state index contributed by atoms with van der Waals surface area (Å²) in [6, 6.07) is 24.0. The van der Waals surface area contributed by atoms with Crippen LogP contribution in [-0.4, -0.2) is 22.2 Å². The lowest BCUT2D eigenvalue weighted by atomic mass is 10.0. The number of carbonyl (C=O) groups is 1. The van der Waals surface area contributed by atoms with Crippen molar-refractivity contribution in [2.24, 2.45) is 0 Å². The van der Waals surface area contributed by atoms with Crippen LogP contribution in [0.4, 0.5) is 0 Å². The molecule has 0 saturated carbocycles. The largest absolute Gasteiger partial charge is 0.350 e. The van der Waals surface area contributed by atoms with Crippen LogP contribution in [0, 0.1) is 6.92 Å². The Morgan fingerprint density at radius 2 is 1.75 bits per heavy atom. The molecule has 1 amide bonds. The van der Waals surface area contributed by atoms with E-state index in [9.17, 15) is 4.79 Å². The monoisotopic (exact) mass is 387 g/mol. The average molecular weight is 388 g/mol. The summed E-state index contributed by atoms with van der Waals surface area (Å²) < 4.78 is 1.94. The lowest BCUT2D eigenvalue weighted by Crippen LogP contribution is -2.27. The Morgan fingerprint density at radius 1 is 1.00 bits per heavy atom. The van der Waals surface area contributed by atoms with Gasteiger partial charge in [-0.1, -0.05) is 48.5 Å². The summed E-state index contributed by atoms with van der Waals surface area (Å²) in [6.45, 7) is 3.21. The molecule has 0 aliphatic heterocycles. The molecule has 0 atom stereocenters. The van der Waals surface area contributed by atoms with Gasteiger partial charge < -0.3 is 5.32 Å². The fourth-order valence-electron chi connectivity index (χ4n) is 3.10. The molecule has 0 saturated heterocycles. The van der Waals surface area contributed by atoms with Crippen molar-refractivity contribution in [2.75, 3.05) is 6.54 Å². The Labute approximate surface area is 168 Å². The van der Waals surface area contributed by atoms with Gasteiger partial charge in [0.2, 0.25) is 0 Å². The van der Waals surface area contributed by atoms with E-state index in [-0.39, 0.29) is 5.91 Å². The van der Waals surface area contributed by atoms with Crippen molar-refractivity contribution in [2.45, 2.75) is 13.5 Å². The summed E-state index contributed by atoms with van der Waals surface area (Å²) in [4.78, 5) is 13.6. The summed E-state index contributed by atoms with van der Waals surface area (Å²) in [5, 5.41) is 9.67. The molecule has 0 fully saturated rings. The molecule has 0 radical (unpaired) electrons. The molecule has 0 unspecified atom stereocenters. The molecule has 4 aromatic rings. The fraction of sp³-hybridized carbons (Fsp3) is 0.130. The first kappa shape index (κ1) is 18.2. The van der Waals surface area contributed by atoms with Crippen molar-refractivity contribution in [3.05, 3.63) is 89.4 Å². The molecule has 4 nitrogen and oxygen atoms in total. The first-order valence-corrected chi connectivity index (χ1v) is 10.1. The number of nitrogens with zero attached hydrogens (tertiary/aromatic N) is 2. The van der Waals surface area contributed by atoms with Gasteiger partial charge in [-0.25, -0.2) is 0 Å². The van der Waals surface area contributed by atoms with E-state index in [0.717, 1.165) is 27.4 Å². The van der Waals surface area contributed by atoms with E-state index in [1.807, 2.05) is 65.5 Å². The summed E-state index contributed by atoms with van der Waals surface area (Å²) >= 11 is 1.68. The van der Waals surface area contributed by atoms with E-state index in [2.05, 4.69) is 34.7 Å². The zero-order chi connectivity index (χ0) is 19.3. The van der Waals surface area contributed by atoms with Crippen LogP contribution in [0.5, 0.6) is 0 Å². The van der Waals surface area contributed by atoms with Gasteiger partial charge >= 0.3 is 0 Å². The number of hydrogen-bond acceptors (Lipinski definition) is 3. The first-order valence-electron chi connectivity index (χ1n) is 9.23. The summed E-state index contributed by atoms with van der Waals surface area (Å²) in [6.07, 6.45) is 0. The van der Waals surface area contributed by atoms with E-state index in [0.29, 0.717) is 18.7 Å². The standard InChI is InChI=1S/C23H21N3OS/c1-17-16-21(22-8-5-15-28-22)25-26(17)14-13-24-23(27)20-11-9-19(10-12-20)18-6-3-2-4-7-18/h2-12,15-16H,13-14H2,1H3,(H,24,27). The molecule has 2 aromatic carbocycles. The third-order valence-electron chi connectivity index (χ3n) is 4.62. The van der Waals surface area contributed by atoms with Gasteiger partial charge in [0.15, 0.2) is 0 Å². The van der Waals surface area contributed by atoms with Crippen LogP contribution in [0.15, 0.2) is 78.2 Å². The molecule has 5 heteroatoms. The molecular formula is C23H21N3OS. The Kier molecular flexibility index (Phi) is 5.35. The predicted molar refractivity (Wildman–Crippen MR) is 114 cm³/mol. The second kappa shape index (κ2) is 8.23. The van der Waals surface area contributed by atoms with Crippen molar-refractivity contribution in [3.8, 4) is 21.7 Å². The van der Waals surface area contributed by atoms with Gasteiger partial charge in [0.05, 0.1) is 11.4 Å². The van der Waals surface area contributed by atoms with Gasteiger partial charge in [0, 0.05) is 17.8 Å². The second-order valence-corrected chi connectivity index (χ2v) is 7.52. The van der Waals surface area contributed by atoms with Gasteiger partial charge in [-0.05, 0) is 47.7 Å². The number of carbonyl (C=O) groups excluding carboxylic acids is 1. The van der Waals surface area contributed by atoms with Crippen LogP contribution in [0.2, 0.25) is 0 Å². The van der Waals surface area contributed by atoms with Crippen LogP contribution in [-0.2, 0) is 6.54 Å². The van der Waals surface area contributed by atoms with Crippen LogP contribution >= 0.6 is 11.3 Å². The molecule has 140 valence electrons. The number of nitrogens with one attached hydrogen (secondary N) is 1. The van der Waals surface area contributed by atoms with Crippen LogP contribution in [0.25, 0.3) is 21.7 Å². The van der Waals surface area contributed by atoms with Crippen molar-refractivity contribution in [3.63, 3.8) is 0 Å². The minimum absolute atomic E-state index is 0.0668. The molecule has 0 bridgehead atoms. The highest BCUT2D eigenvalue weighted by Crippen LogP contribution is 2.24. The van der Waals surface area contributed by atoms with E-state index in [4.69, 9.17) is 0 Å². The van der Waals surface area contributed by atoms with E-state index in [1.54, 1.807) is 11.3 Å². The smallest absolute Gasteiger partial charge is 0.251 e. The van der Waals surface area contributed by atoms with Crippen molar-refractivity contribution >= 4 is 17.2 Å². The predicted octanol–water partition coefficient (Wildman–Crippen LogP) is 5.02. The molecule has 0 aliphatic carbocycles. The van der Waals surface area contributed by atoms with E-state index in [1.165, 1.54) is 0 Å².